The van der Waals surface area contributed by atoms with Crippen LogP contribution in [0.1, 0.15) is 5.56 Å². The van der Waals surface area contributed by atoms with Gasteiger partial charge in [0.1, 0.15) is 0 Å². The highest BCUT2D eigenvalue weighted by Crippen LogP contribution is 2.13. The minimum absolute atomic E-state index is 0.305. The summed E-state index contributed by atoms with van der Waals surface area (Å²) < 4.78 is 17.4. The number of alkyl halides is 1. The highest BCUT2D eigenvalue weighted by molar-refractivity contribution is 9.08. The molecule has 0 unspecified atom stereocenters. The predicted molar refractivity (Wildman–Crippen MR) is 43.4 cm³/mol. The van der Waals surface area contributed by atoms with Crippen LogP contribution in [0.25, 0.3) is 0 Å². The van der Waals surface area contributed by atoms with Crippen LogP contribution in [0.15, 0.2) is 12.1 Å². The van der Waals surface area contributed by atoms with Crippen LogP contribution in [-0.2, 0) is 5.33 Å². The van der Waals surface area contributed by atoms with Gasteiger partial charge in [-0.2, -0.15) is 9.37 Å². The number of aromatic nitrogens is 1. The summed E-state index contributed by atoms with van der Waals surface area (Å²) in [5.74, 6) is -0.210. The first kappa shape index (κ1) is 8.46. The minimum Gasteiger partial charge on any atom is -0.481 e. The Balaban J connectivity index is 3.02. The van der Waals surface area contributed by atoms with Crippen molar-refractivity contribution >= 4 is 15.9 Å². The standard InChI is InChI=1S/C7H7BrFNO/c1-11-7-3-5(4-8)2-6(9)10-7/h2-3H,4H2,1H3. The van der Waals surface area contributed by atoms with E-state index in [1.807, 2.05) is 0 Å². The summed E-state index contributed by atoms with van der Waals surface area (Å²) in [6, 6.07) is 3.04. The van der Waals surface area contributed by atoms with E-state index in [4.69, 9.17) is 4.74 Å². The molecule has 0 fully saturated rings. The van der Waals surface area contributed by atoms with Crippen molar-refractivity contribution in [2.24, 2.45) is 0 Å². The monoisotopic (exact) mass is 219 g/mol. The maximum atomic E-state index is 12.6. The number of pyridine rings is 1. The lowest BCUT2D eigenvalue weighted by molar-refractivity contribution is 0.387. The zero-order valence-corrected chi connectivity index (χ0v) is 7.56. The van der Waals surface area contributed by atoms with Gasteiger partial charge in [0.2, 0.25) is 11.8 Å². The molecule has 0 spiro atoms. The highest BCUT2D eigenvalue weighted by Gasteiger charge is 2.00. The van der Waals surface area contributed by atoms with Gasteiger partial charge in [0.05, 0.1) is 7.11 Å². The van der Waals surface area contributed by atoms with Gasteiger partial charge in [0.15, 0.2) is 0 Å². The van der Waals surface area contributed by atoms with Gasteiger partial charge in [-0.1, -0.05) is 15.9 Å². The van der Waals surface area contributed by atoms with Crippen LogP contribution in [0.2, 0.25) is 0 Å². The maximum absolute atomic E-state index is 12.6. The first-order chi connectivity index (χ1) is 5.26. The SMILES string of the molecule is COc1cc(CBr)cc(F)n1. The molecule has 1 aromatic heterocycles. The summed E-state index contributed by atoms with van der Waals surface area (Å²) in [5, 5.41) is 0.600. The lowest BCUT2D eigenvalue weighted by atomic mass is 10.3. The minimum atomic E-state index is -0.515. The summed E-state index contributed by atoms with van der Waals surface area (Å²) in [6.07, 6.45) is 0. The Labute approximate surface area is 72.5 Å². The van der Waals surface area contributed by atoms with Crippen LogP contribution in [0.3, 0.4) is 0 Å². The molecule has 0 saturated carbocycles. The number of nitrogens with zero attached hydrogens (tertiary/aromatic N) is 1. The Bertz CT molecular complexity index is 232. The van der Waals surface area contributed by atoms with E-state index in [9.17, 15) is 4.39 Å². The Morgan fingerprint density at radius 1 is 1.64 bits per heavy atom. The van der Waals surface area contributed by atoms with Crippen molar-refractivity contribution < 1.29 is 9.13 Å². The van der Waals surface area contributed by atoms with Gasteiger partial charge >= 0.3 is 0 Å². The van der Waals surface area contributed by atoms with E-state index in [1.165, 1.54) is 13.2 Å². The van der Waals surface area contributed by atoms with E-state index in [-0.39, 0.29) is 0 Å². The fourth-order valence-corrected chi connectivity index (χ4v) is 1.03. The average Bonchev–Trinajstić information content (AvgIpc) is 2.03. The molecular weight excluding hydrogens is 213 g/mol. The first-order valence-corrected chi connectivity index (χ1v) is 4.15. The van der Waals surface area contributed by atoms with Crippen molar-refractivity contribution in [3.05, 3.63) is 23.6 Å². The van der Waals surface area contributed by atoms with Crippen molar-refractivity contribution in [3.63, 3.8) is 0 Å². The van der Waals surface area contributed by atoms with Gasteiger partial charge in [-0.15, -0.1) is 0 Å². The van der Waals surface area contributed by atoms with Gasteiger partial charge in [0, 0.05) is 11.4 Å². The first-order valence-electron chi connectivity index (χ1n) is 3.02. The molecule has 60 valence electrons. The number of halogens is 2. The molecular formula is C7H7BrFNO. The van der Waals surface area contributed by atoms with Crippen LogP contribution >= 0.6 is 15.9 Å². The second-order valence-corrected chi connectivity index (χ2v) is 2.53. The van der Waals surface area contributed by atoms with E-state index in [2.05, 4.69) is 20.9 Å². The summed E-state index contributed by atoms with van der Waals surface area (Å²) in [5.41, 5.74) is 0.814. The normalized spacial score (nSPS) is 9.73. The molecule has 1 rings (SSSR count). The van der Waals surface area contributed by atoms with Crippen molar-refractivity contribution in [2.45, 2.75) is 5.33 Å². The van der Waals surface area contributed by atoms with Crippen LogP contribution in [0.4, 0.5) is 4.39 Å². The largest absolute Gasteiger partial charge is 0.481 e. The maximum Gasteiger partial charge on any atom is 0.216 e. The average molecular weight is 220 g/mol. The Kier molecular flexibility index (Phi) is 2.82. The molecule has 0 aliphatic rings. The molecule has 0 radical (unpaired) electrons. The second-order valence-electron chi connectivity index (χ2n) is 1.97. The fraction of sp³-hybridized carbons (Fsp3) is 0.286. The van der Waals surface area contributed by atoms with Gasteiger partial charge in [-0.05, 0) is 11.6 Å². The lowest BCUT2D eigenvalue weighted by Crippen LogP contribution is -1.92. The smallest absolute Gasteiger partial charge is 0.216 e. The molecule has 1 heterocycles. The quantitative estimate of drug-likeness (QED) is 0.562. The molecule has 0 amide bonds. The molecule has 0 aliphatic heterocycles. The molecule has 2 nitrogen and oxygen atoms in total. The van der Waals surface area contributed by atoms with Crippen molar-refractivity contribution in [2.75, 3.05) is 7.11 Å². The van der Waals surface area contributed by atoms with Crippen LogP contribution in [0.5, 0.6) is 5.88 Å². The van der Waals surface area contributed by atoms with Gasteiger partial charge in [-0.25, -0.2) is 0 Å². The third-order valence-corrected chi connectivity index (χ3v) is 1.84. The molecule has 0 bridgehead atoms. The third-order valence-electron chi connectivity index (χ3n) is 1.19. The van der Waals surface area contributed by atoms with E-state index < -0.39 is 5.95 Å². The molecule has 11 heavy (non-hydrogen) atoms. The second kappa shape index (κ2) is 3.67. The number of hydrogen-bond acceptors (Lipinski definition) is 2. The third kappa shape index (κ3) is 2.15. The number of hydrogen-bond donors (Lipinski definition) is 0. The summed E-state index contributed by atoms with van der Waals surface area (Å²) in [6.45, 7) is 0. The van der Waals surface area contributed by atoms with Crippen molar-refractivity contribution in [3.8, 4) is 5.88 Å². The van der Waals surface area contributed by atoms with E-state index in [0.717, 1.165) is 5.56 Å². The topological polar surface area (TPSA) is 22.1 Å². The number of ether oxygens (including phenoxy) is 1. The summed E-state index contributed by atoms with van der Waals surface area (Å²) >= 11 is 3.20. The fourth-order valence-electron chi connectivity index (χ4n) is 0.705. The number of rotatable bonds is 2. The lowest BCUT2D eigenvalue weighted by Gasteiger charge is -2.00. The van der Waals surface area contributed by atoms with Crippen LogP contribution in [-0.4, -0.2) is 12.1 Å². The van der Waals surface area contributed by atoms with Gasteiger partial charge < -0.3 is 4.74 Å². The molecule has 1 aromatic rings. The predicted octanol–water partition coefficient (Wildman–Crippen LogP) is 2.12. The van der Waals surface area contributed by atoms with Crippen LogP contribution < -0.4 is 4.74 Å². The molecule has 4 heteroatoms. The molecule has 0 aromatic carbocycles. The summed E-state index contributed by atoms with van der Waals surface area (Å²) in [7, 11) is 1.46. The molecule has 0 saturated heterocycles. The zero-order valence-electron chi connectivity index (χ0n) is 5.97. The Hall–Kier alpha value is -0.640. The van der Waals surface area contributed by atoms with Gasteiger partial charge in [0.25, 0.3) is 0 Å². The Morgan fingerprint density at radius 3 is 2.91 bits per heavy atom. The van der Waals surface area contributed by atoms with Gasteiger partial charge in [-0.3, -0.25) is 0 Å². The van der Waals surface area contributed by atoms with E-state index >= 15 is 0 Å². The Morgan fingerprint density at radius 2 is 2.36 bits per heavy atom. The van der Waals surface area contributed by atoms with E-state index in [1.54, 1.807) is 6.07 Å². The summed E-state index contributed by atoms with van der Waals surface area (Å²) in [4.78, 5) is 3.49. The van der Waals surface area contributed by atoms with Crippen molar-refractivity contribution in [1.29, 1.82) is 0 Å². The number of methoxy groups -OCH3 is 1. The van der Waals surface area contributed by atoms with E-state index in [0.29, 0.717) is 11.2 Å². The van der Waals surface area contributed by atoms with Crippen molar-refractivity contribution in [1.82, 2.24) is 4.98 Å². The van der Waals surface area contributed by atoms with Crippen LogP contribution in [0, 0.1) is 5.95 Å². The zero-order chi connectivity index (χ0) is 8.27. The molecule has 0 atom stereocenters. The highest BCUT2D eigenvalue weighted by atomic mass is 79.9. The molecule has 0 N–H and O–H groups in total. The molecule has 0 aliphatic carbocycles.